The van der Waals surface area contributed by atoms with Gasteiger partial charge in [-0.2, -0.15) is 5.10 Å². The lowest BCUT2D eigenvalue weighted by molar-refractivity contribution is -0.117. The lowest BCUT2D eigenvalue weighted by Gasteiger charge is -2.23. The van der Waals surface area contributed by atoms with Gasteiger partial charge in [0.1, 0.15) is 12.4 Å². The van der Waals surface area contributed by atoms with Crippen molar-refractivity contribution in [1.29, 1.82) is 0 Å². The molecule has 0 saturated carbocycles. The normalized spacial score (nSPS) is 11.4. The minimum atomic E-state index is -0.242. The minimum absolute atomic E-state index is 0.0169. The maximum atomic E-state index is 13.3. The number of aromatic nitrogens is 2. The standard InChI is InChI=1S/C28H36N4O2/c1-7-8-17-31(27(34)22-15-11-9-13-20(22)2)19-26(33)29-25-18-24(28(4,5)6)30-32(25)23-16-12-10-14-21(23)3/h9-16,18H,7-8,17,19H2,1-6H3,(H,29,33). The second-order valence-electron chi connectivity index (χ2n) is 9.81. The Hall–Kier alpha value is -3.41. The molecule has 0 aliphatic rings. The van der Waals surface area contributed by atoms with Gasteiger partial charge >= 0.3 is 0 Å². The highest BCUT2D eigenvalue weighted by molar-refractivity contribution is 6.00. The van der Waals surface area contributed by atoms with Gasteiger partial charge in [-0.15, -0.1) is 0 Å². The van der Waals surface area contributed by atoms with Gasteiger partial charge in [0.2, 0.25) is 5.91 Å². The Bertz CT molecular complexity index is 1160. The number of carbonyl (C=O) groups excluding carboxylic acids is 2. The SMILES string of the molecule is CCCCN(CC(=O)Nc1cc(C(C)(C)C)nn1-c1ccccc1C)C(=O)c1ccccc1C. The van der Waals surface area contributed by atoms with E-state index in [1.54, 1.807) is 9.58 Å². The molecule has 0 saturated heterocycles. The summed E-state index contributed by atoms with van der Waals surface area (Å²) in [6.45, 7) is 12.8. The van der Waals surface area contributed by atoms with E-state index in [2.05, 4.69) is 33.0 Å². The van der Waals surface area contributed by atoms with Crippen molar-refractivity contribution in [3.63, 3.8) is 0 Å². The molecule has 1 N–H and O–H groups in total. The van der Waals surface area contributed by atoms with Crippen molar-refractivity contribution >= 4 is 17.6 Å². The Kier molecular flexibility index (Phi) is 7.92. The average molecular weight is 461 g/mol. The molecule has 3 aromatic rings. The van der Waals surface area contributed by atoms with E-state index >= 15 is 0 Å². The first-order valence-electron chi connectivity index (χ1n) is 11.9. The molecule has 0 radical (unpaired) electrons. The van der Waals surface area contributed by atoms with Crippen LogP contribution in [0.4, 0.5) is 5.82 Å². The van der Waals surface area contributed by atoms with E-state index in [0.29, 0.717) is 17.9 Å². The van der Waals surface area contributed by atoms with Gasteiger partial charge in [-0.25, -0.2) is 4.68 Å². The van der Waals surface area contributed by atoms with Crippen molar-refractivity contribution in [2.75, 3.05) is 18.4 Å². The lowest BCUT2D eigenvalue weighted by Crippen LogP contribution is -2.39. The van der Waals surface area contributed by atoms with Gasteiger partial charge in [0, 0.05) is 23.6 Å². The fourth-order valence-electron chi connectivity index (χ4n) is 3.76. The minimum Gasteiger partial charge on any atom is -0.329 e. The molecule has 2 aromatic carbocycles. The molecule has 0 aliphatic carbocycles. The Morgan fingerprint density at radius 3 is 2.26 bits per heavy atom. The second-order valence-corrected chi connectivity index (χ2v) is 9.81. The summed E-state index contributed by atoms with van der Waals surface area (Å²) in [6.07, 6.45) is 1.77. The summed E-state index contributed by atoms with van der Waals surface area (Å²) in [7, 11) is 0. The van der Waals surface area contributed by atoms with Gasteiger partial charge < -0.3 is 10.2 Å². The molecule has 180 valence electrons. The maximum Gasteiger partial charge on any atom is 0.254 e. The molecule has 0 fully saturated rings. The van der Waals surface area contributed by atoms with Crippen LogP contribution in [-0.4, -0.2) is 39.6 Å². The fraction of sp³-hybridized carbons (Fsp3) is 0.393. The highest BCUT2D eigenvalue weighted by Crippen LogP contribution is 2.27. The Morgan fingerprint density at radius 2 is 1.65 bits per heavy atom. The molecule has 0 atom stereocenters. The van der Waals surface area contributed by atoms with E-state index in [1.807, 2.05) is 68.4 Å². The first-order valence-corrected chi connectivity index (χ1v) is 11.9. The van der Waals surface area contributed by atoms with Crippen molar-refractivity contribution in [3.8, 4) is 5.69 Å². The average Bonchev–Trinajstić information content (AvgIpc) is 3.20. The van der Waals surface area contributed by atoms with Crippen LogP contribution in [0.25, 0.3) is 5.69 Å². The van der Waals surface area contributed by atoms with Crippen LogP contribution in [0, 0.1) is 13.8 Å². The van der Waals surface area contributed by atoms with Crippen molar-refractivity contribution in [3.05, 3.63) is 77.0 Å². The van der Waals surface area contributed by atoms with Crippen LogP contribution in [0.1, 0.15) is 67.7 Å². The van der Waals surface area contributed by atoms with Crippen molar-refractivity contribution in [2.24, 2.45) is 0 Å². The van der Waals surface area contributed by atoms with Crippen LogP contribution in [-0.2, 0) is 10.2 Å². The smallest absolute Gasteiger partial charge is 0.254 e. The molecule has 1 aromatic heterocycles. The van der Waals surface area contributed by atoms with Crippen LogP contribution in [0.15, 0.2) is 54.6 Å². The molecule has 1 heterocycles. The van der Waals surface area contributed by atoms with Gasteiger partial charge in [0.15, 0.2) is 0 Å². The van der Waals surface area contributed by atoms with Gasteiger partial charge in [-0.05, 0) is 43.5 Å². The monoisotopic (exact) mass is 460 g/mol. The lowest BCUT2D eigenvalue weighted by atomic mass is 9.92. The summed E-state index contributed by atoms with van der Waals surface area (Å²) in [5, 5.41) is 7.83. The van der Waals surface area contributed by atoms with Gasteiger partial charge in [0.05, 0.1) is 11.4 Å². The number of aryl methyl sites for hydroxylation is 2. The molecule has 2 amide bonds. The molecular formula is C28H36N4O2. The van der Waals surface area contributed by atoms with Gasteiger partial charge in [-0.3, -0.25) is 9.59 Å². The second kappa shape index (κ2) is 10.7. The van der Waals surface area contributed by atoms with Crippen molar-refractivity contribution in [1.82, 2.24) is 14.7 Å². The molecule has 0 spiro atoms. The number of hydrogen-bond donors (Lipinski definition) is 1. The number of anilines is 1. The predicted octanol–water partition coefficient (Wildman–Crippen LogP) is 5.67. The first kappa shape index (κ1) is 25.2. The van der Waals surface area contributed by atoms with Crippen molar-refractivity contribution < 1.29 is 9.59 Å². The summed E-state index contributed by atoms with van der Waals surface area (Å²) in [5.41, 5.74) is 4.20. The Labute approximate surface area is 203 Å². The topological polar surface area (TPSA) is 67.2 Å². The molecule has 6 heteroatoms. The zero-order valence-electron chi connectivity index (χ0n) is 21.2. The van der Waals surface area contributed by atoms with Gasteiger partial charge in [0.25, 0.3) is 5.91 Å². The summed E-state index contributed by atoms with van der Waals surface area (Å²) in [6, 6.07) is 17.4. The quantitative estimate of drug-likeness (QED) is 0.471. The van der Waals surface area contributed by atoms with Crippen LogP contribution in [0.5, 0.6) is 0 Å². The van der Waals surface area contributed by atoms with Crippen LogP contribution in [0.3, 0.4) is 0 Å². The summed E-state index contributed by atoms with van der Waals surface area (Å²) < 4.78 is 1.79. The number of unbranched alkanes of at least 4 members (excludes halogenated alkanes) is 1. The molecule has 0 bridgehead atoms. The Balaban J connectivity index is 1.88. The zero-order valence-corrected chi connectivity index (χ0v) is 21.2. The van der Waals surface area contributed by atoms with E-state index in [-0.39, 0.29) is 23.8 Å². The molecular weight excluding hydrogens is 424 g/mol. The fourth-order valence-corrected chi connectivity index (χ4v) is 3.76. The Morgan fingerprint density at radius 1 is 1.00 bits per heavy atom. The number of benzene rings is 2. The third-order valence-corrected chi connectivity index (χ3v) is 5.87. The van der Waals surface area contributed by atoms with E-state index in [4.69, 9.17) is 5.10 Å². The number of para-hydroxylation sites is 1. The molecule has 6 nitrogen and oxygen atoms in total. The molecule has 0 unspecified atom stereocenters. The summed E-state index contributed by atoms with van der Waals surface area (Å²) in [5.74, 6) is 0.237. The molecule has 3 rings (SSSR count). The highest BCUT2D eigenvalue weighted by Gasteiger charge is 2.24. The number of hydrogen-bond acceptors (Lipinski definition) is 3. The van der Waals surface area contributed by atoms with Crippen LogP contribution < -0.4 is 5.32 Å². The number of rotatable bonds is 8. The van der Waals surface area contributed by atoms with Gasteiger partial charge in [-0.1, -0.05) is 70.5 Å². The zero-order chi connectivity index (χ0) is 24.9. The maximum absolute atomic E-state index is 13.3. The number of amides is 2. The van der Waals surface area contributed by atoms with E-state index < -0.39 is 0 Å². The third kappa shape index (κ3) is 5.93. The number of nitrogens with zero attached hydrogens (tertiary/aromatic N) is 3. The van der Waals surface area contributed by atoms with E-state index in [9.17, 15) is 9.59 Å². The summed E-state index contributed by atoms with van der Waals surface area (Å²) >= 11 is 0. The van der Waals surface area contributed by atoms with E-state index in [1.165, 1.54) is 0 Å². The number of nitrogens with one attached hydrogen (secondary N) is 1. The summed E-state index contributed by atoms with van der Waals surface area (Å²) in [4.78, 5) is 28.1. The van der Waals surface area contributed by atoms with Crippen molar-refractivity contribution in [2.45, 2.75) is 59.8 Å². The number of carbonyl (C=O) groups is 2. The van der Waals surface area contributed by atoms with Crippen LogP contribution in [0.2, 0.25) is 0 Å². The third-order valence-electron chi connectivity index (χ3n) is 5.87. The first-order chi connectivity index (χ1) is 16.1. The highest BCUT2D eigenvalue weighted by atomic mass is 16.2. The van der Waals surface area contributed by atoms with E-state index in [0.717, 1.165) is 35.3 Å². The molecule has 0 aliphatic heterocycles. The predicted molar refractivity (Wildman–Crippen MR) is 138 cm³/mol. The largest absolute Gasteiger partial charge is 0.329 e. The molecule has 34 heavy (non-hydrogen) atoms. The van der Waals surface area contributed by atoms with Crippen LogP contribution >= 0.6 is 0 Å².